The van der Waals surface area contributed by atoms with Crippen molar-refractivity contribution in [2.24, 2.45) is 4.99 Å². The number of rotatable bonds is 1. The second-order valence-electron chi connectivity index (χ2n) is 3.76. The number of aliphatic imine (C=N–C) groups is 1. The van der Waals surface area contributed by atoms with Crippen LogP contribution in [0.25, 0.3) is 0 Å². The number of halogens is 1. The molecule has 0 saturated carbocycles. The van der Waals surface area contributed by atoms with Crippen molar-refractivity contribution in [1.82, 2.24) is 4.90 Å². The van der Waals surface area contributed by atoms with Gasteiger partial charge in [-0.1, -0.05) is 36.6 Å². The summed E-state index contributed by atoms with van der Waals surface area (Å²) in [4.78, 5) is 6.62. The van der Waals surface area contributed by atoms with Crippen molar-refractivity contribution in [2.75, 3.05) is 6.54 Å². The zero-order valence-electron chi connectivity index (χ0n) is 9.94. The van der Waals surface area contributed by atoms with Crippen LogP contribution in [0.1, 0.15) is 6.42 Å². The fourth-order valence-electron chi connectivity index (χ4n) is 1.58. The first-order valence-electron chi connectivity index (χ1n) is 5.66. The Morgan fingerprint density at radius 3 is 3.11 bits per heavy atom. The number of amidine groups is 1. The predicted molar refractivity (Wildman–Crippen MR) is 85.2 cm³/mol. The van der Waals surface area contributed by atoms with E-state index in [-0.39, 0.29) is 0 Å². The Hall–Kier alpha value is -1.54. The second-order valence-corrected chi connectivity index (χ2v) is 4.72. The molecule has 0 aromatic carbocycles. The Morgan fingerprint density at radius 2 is 2.22 bits per heavy atom. The quantitative estimate of drug-likeness (QED) is 0.402. The van der Waals surface area contributed by atoms with Crippen LogP contribution in [0.4, 0.5) is 0 Å². The summed E-state index contributed by atoms with van der Waals surface area (Å²) in [7, 11) is 0. The maximum absolute atomic E-state index is 4.48. The summed E-state index contributed by atoms with van der Waals surface area (Å²) in [6.07, 6.45) is 14.8. The Bertz CT molecular complexity index is 551. The van der Waals surface area contributed by atoms with Gasteiger partial charge in [0.1, 0.15) is 0 Å². The van der Waals surface area contributed by atoms with E-state index >= 15 is 0 Å². The molecule has 1 heterocycles. The fourth-order valence-corrected chi connectivity index (χ4v) is 2.37. The van der Waals surface area contributed by atoms with Crippen molar-refractivity contribution >= 4 is 26.4 Å². The minimum absolute atomic E-state index is 0.755. The molecule has 0 N–H and O–H groups in total. The van der Waals surface area contributed by atoms with Gasteiger partial charge in [0.25, 0.3) is 0 Å². The van der Waals surface area contributed by atoms with Gasteiger partial charge in [0.2, 0.25) is 0 Å². The lowest BCUT2D eigenvalue weighted by Crippen LogP contribution is -2.25. The van der Waals surface area contributed by atoms with Crippen LogP contribution in [-0.2, 0) is 0 Å². The first-order chi connectivity index (χ1) is 8.77. The zero-order valence-corrected chi connectivity index (χ0v) is 12.1. The molecule has 18 heavy (non-hydrogen) atoms. The van der Waals surface area contributed by atoms with Crippen molar-refractivity contribution in [3.63, 3.8) is 0 Å². The van der Waals surface area contributed by atoms with Crippen molar-refractivity contribution in [1.29, 1.82) is 0 Å². The van der Waals surface area contributed by atoms with Crippen LogP contribution in [0.3, 0.4) is 0 Å². The van der Waals surface area contributed by atoms with Crippen molar-refractivity contribution in [2.45, 2.75) is 6.42 Å². The molecule has 3 heteroatoms. The average Bonchev–Trinajstić information content (AvgIpc) is 2.58. The molecule has 0 atom stereocenters. The van der Waals surface area contributed by atoms with E-state index in [1.165, 1.54) is 0 Å². The lowest BCUT2D eigenvalue weighted by atomic mass is 10.3. The summed E-state index contributed by atoms with van der Waals surface area (Å²) >= 11 is 2.24. The molecule has 0 aromatic rings. The molecule has 0 unspecified atom stereocenters. The largest absolute Gasteiger partial charge is 0.318 e. The highest BCUT2D eigenvalue weighted by Crippen LogP contribution is 2.16. The fraction of sp³-hybridized carbons (Fsp3) is 0.133. The number of allylic oxidation sites excluding steroid dienone is 6. The highest BCUT2D eigenvalue weighted by molar-refractivity contribution is 14.1. The van der Waals surface area contributed by atoms with Gasteiger partial charge in [0.15, 0.2) is 3.84 Å². The second kappa shape index (κ2) is 6.41. The van der Waals surface area contributed by atoms with Crippen LogP contribution in [-0.4, -0.2) is 15.3 Å². The van der Waals surface area contributed by atoms with Gasteiger partial charge in [-0.15, -0.1) is 0 Å². The third-order valence-corrected chi connectivity index (χ3v) is 3.27. The summed E-state index contributed by atoms with van der Waals surface area (Å²) < 4.78 is 0.909. The molecule has 0 saturated heterocycles. The Labute approximate surface area is 121 Å². The van der Waals surface area contributed by atoms with Gasteiger partial charge in [0.05, 0.1) is 5.70 Å². The van der Waals surface area contributed by atoms with E-state index in [1.807, 2.05) is 30.4 Å². The summed E-state index contributed by atoms with van der Waals surface area (Å²) in [5, 5.41) is 0. The minimum atomic E-state index is 0.755. The lowest BCUT2D eigenvalue weighted by Gasteiger charge is -2.22. The van der Waals surface area contributed by atoms with Gasteiger partial charge in [-0.2, -0.15) is 0 Å². The molecule has 2 rings (SSSR count). The van der Waals surface area contributed by atoms with Crippen LogP contribution in [0, 0.1) is 11.8 Å². The molecule has 0 aromatic heterocycles. The first kappa shape index (κ1) is 12.9. The molecule has 0 amide bonds. The van der Waals surface area contributed by atoms with Crippen LogP contribution >= 0.6 is 22.6 Å². The third-order valence-electron chi connectivity index (χ3n) is 2.45. The molecule has 0 bridgehead atoms. The highest BCUT2D eigenvalue weighted by atomic mass is 127. The normalized spacial score (nSPS) is 22.5. The monoisotopic (exact) mass is 348 g/mol. The number of hydrogen-bond acceptors (Lipinski definition) is 2. The van der Waals surface area contributed by atoms with Crippen LogP contribution < -0.4 is 0 Å². The Balaban J connectivity index is 2.30. The Kier molecular flexibility index (Phi) is 4.59. The van der Waals surface area contributed by atoms with Crippen LogP contribution in [0.5, 0.6) is 0 Å². The average molecular weight is 348 g/mol. The summed E-state index contributed by atoms with van der Waals surface area (Å²) in [6, 6.07) is 0. The molecule has 1 aliphatic carbocycles. The molecular weight excluding hydrogens is 335 g/mol. The van der Waals surface area contributed by atoms with Gasteiger partial charge in [0, 0.05) is 18.7 Å². The molecule has 2 aliphatic rings. The highest BCUT2D eigenvalue weighted by Gasteiger charge is 2.11. The molecular formula is C15H13IN2. The zero-order chi connectivity index (χ0) is 12.8. The van der Waals surface area contributed by atoms with Gasteiger partial charge >= 0.3 is 0 Å². The summed E-state index contributed by atoms with van der Waals surface area (Å²) in [5.41, 5.74) is 1.87. The van der Waals surface area contributed by atoms with Crippen LogP contribution in [0.2, 0.25) is 0 Å². The van der Waals surface area contributed by atoms with E-state index in [2.05, 4.69) is 63.1 Å². The topological polar surface area (TPSA) is 15.6 Å². The van der Waals surface area contributed by atoms with E-state index in [4.69, 9.17) is 0 Å². The van der Waals surface area contributed by atoms with E-state index in [0.29, 0.717) is 0 Å². The summed E-state index contributed by atoms with van der Waals surface area (Å²) in [5.74, 6) is 6.03. The molecule has 90 valence electrons. The molecule has 0 spiro atoms. The van der Waals surface area contributed by atoms with E-state index in [0.717, 1.165) is 28.2 Å². The lowest BCUT2D eigenvalue weighted by molar-refractivity contribution is 0.600. The maximum Gasteiger partial charge on any atom is 0.172 e. The van der Waals surface area contributed by atoms with Crippen molar-refractivity contribution in [3.8, 4) is 11.8 Å². The van der Waals surface area contributed by atoms with Gasteiger partial charge in [-0.25, -0.2) is 4.99 Å². The molecule has 0 fully saturated rings. The standard InChI is InChI=1S/C15H13IN2/c1-13-9-5-4-8-12-18(15(16)17-13)14-10-6-2-3-7-11-14/h4-6,8-11H,1,7,12H2/b8-4-,9-5-,17-15?. The van der Waals surface area contributed by atoms with Crippen molar-refractivity contribution < 1.29 is 0 Å². The maximum atomic E-state index is 4.48. The molecule has 2 nitrogen and oxygen atoms in total. The Morgan fingerprint density at radius 1 is 1.33 bits per heavy atom. The first-order valence-corrected chi connectivity index (χ1v) is 6.74. The number of hydrogen-bond donors (Lipinski definition) is 0. The number of nitrogens with zero attached hydrogens (tertiary/aromatic N) is 2. The van der Waals surface area contributed by atoms with Gasteiger partial charge in [-0.05, 0) is 46.9 Å². The predicted octanol–water partition coefficient (Wildman–Crippen LogP) is 3.57. The van der Waals surface area contributed by atoms with Gasteiger partial charge in [-0.3, -0.25) is 0 Å². The van der Waals surface area contributed by atoms with Crippen LogP contribution in [0.15, 0.2) is 65.5 Å². The third kappa shape index (κ3) is 3.47. The smallest absolute Gasteiger partial charge is 0.172 e. The van der Waals surface area contributed by atoms with E-state index in [9.17, 15) is 0 Å². The molecule has 1 aliphatic heterocycles. The van der Waals surface area contributed by atoms with E-state index in [1.54, 1.807) is 0 Å². The van der Waals surface area contributed by atoms with E-state index < -0.39 is 0 Å². The molecule has 0 radical (unpaired) electrons. The van der Waals surface area contributed by atoms with Gasteiger partial charge < -0.3 is 4.90 Å². The SMILES string of the molecule is C=C1/C=C\C=C/CN(C2=CCC#CC=C2)C(I)=N1. The minimum Gasteiger partial charge on any atom is -0.318 e. The van der Waals surface area contributed by atoms with Crippen molar-refractivity contribution in [3.05, 3.63) is 60.5 Å². The summed E-state index contributed by atoms with van der Waals surface area (Å²) in [6.45, 7) is 4.69.